The van der Waals surface area contributed by atoms with E-state index in [0.717, 1.165) is 0 Å². The molecule has 0 fully saturated rings. The molecule has 1 heterocycles. The maximum absolute atomic E-state index is 2.31. The van der Waals surface area contributed by atoms with E-state index in [1.807, 2.05) is 0 Å². The third-order valence-corrected chi connectivity index (χ3v) is 4.97. The van der Waals surface area contributed by atoms with Crippen LogP contribution in [0.15, 0.2) is 17.1 Å². The zero-order valence-corrected chi connectivity index (χ0v) is 15.0. The van der Waals surface area contributed by atoms with Crippen LogP contribution >= 0.6 is 11.3 Å². The van der Waals surface area contributed by atoms with Crippen LogP contribution in [0.4, 0.5) is 0 Å². The van der Waals surface area contributed by atoms with E-state index in [-0.39, 0.29) is 0 Å². The molecule has 0 N–H and O–H groups in total. The highest BCUT2D eigenvalue weighted by Gasteiger charge is 1.99. The van der Waals surface area contributed by atoms with Gasteiger partial charge in [0.05, 0.1) is 5.38 Å². The van der Waals surface area contributed by atoms with E-state index in [9.17, 15) is 0 Å². The fourth-order valence-electron chi connectivity index (χ4n) is 2.88. The highest BCUT2D eigenvalue weighted by atomic mass is 32.1. The minimum absolute atomic E-state index is 1.21. The summed E-state index contributed by atoms with van der Waals surface area (Å²) < 4.78 is 2.31. The van der Waals surface area contributed by atoms with Crippen molar-refractivity contribution < 1.29 is 4.57 Å². The van der Waals surface area contributed by atoms with E-state index in [0.29, 0.717) is 0 Å². The number of hydrogen-bond acceptors (Lipinski definition) is 1. The molecule has 0 aromatic carbocycles. The van der Waals surface area contributed by atoms with Gasteiger partial charge in [-0.2, -0.15) is 4.57 Å². The van der Waals surface area contributed by atoms with Gasteiger partial charge in [-0.15, -0.1) is 0 Å². The van der Waals surface area contributed by atoms with Crippen LogP contribution in [0.5, 0.6) is 0 Å². The third-order valence-electron chi connectivity index (χ3n) is 4.30. The summed E-state index contributed by atoms with van der Waals surface area (Å²) in [6, 6.07) is 0. The molecule has 0 saturated carbocycles. The smallest absolute Gasteiger partial charge is 0.195 e. The van der Waals surface area contributed by atoms with E-state index < -0.39 is 0 Å². The van der Waals surface area contributed by atoms with E-state index >= 15 is 0 Å². The second-order valence-corrected chi connectivity index (χ2v) is 7.12. The lowest BCUT2D eigenvalue weighted by Gasteiger charge is -2.02. The lowest BCUT2D eigenvalue weighted by molar-refractivity contribution is -0.692. The van der Waals surface area contributed by atoms with Crippen molar-refractivity contribution in [2.24, 2.45) is 0 Å². The first kappa shape index (κ1) is 18.7. The van der Waals surface area contributed by atoms with Gasteiger partial charge in [0.15, 0.2) is 6.20 Å². The topological polar surface area (TPSA) is 3.88 Å². The Kier molecular flexibility index (Phi) is 13.0. The number of nitrogens with zero attached hydrogens (tertiary/aromatic N) is 1. The summed E-state index contributed by atoms with van der Waals surface area (Å²) in [6.45, 7) is 3.50. The maximum Gasteiger partial charge on any atom is 0.224 e. The summed E-state index contributed by atoms with van der Waals surface area (Å²) >= 11 is 1.79. The first-order valence-corrected chi connectivity index (χ1v) is 10.3. The lowest BCUT2D eigenvalue weighted by atomic mass is 10.0. The van der Waals surface area contributed by atoms with E-state index in [1.165, 1.54) is 96.4 Å². The van der Waals surface area contributed by atoms with Gasteiger partial charge in [0.1, 0.15) is 6.54 Å². The van der Waals surface area contributed by atoms with Crippen molar-refractivity contribution in [3.05, 3.63) is 17.1 Å². The van der Waals surface area contributed by atoms with Crippen LogP contribution in [-0.4, -0.2) is 0 Å². The van der Waals surface area contributed by atoms with Gasteiger partial charge in [-0.05, 0) is 6.42 Å². The van der Waals surface area contributed by atoms with Crippen LogP contribution in [0.1, 0.15) is 96.8 Å². The first-order chi connectivity index (χ1) is 10.4. The highest BCUT2D eigenvalue weighted by molar-refractivity contribution is 7.07. The molecule has 0 spiro atoms. The molecule has 1 aromatic heterocycles. The molecule has 1 nitrogen and oxygen atoms in total. The molecule has 0 bridgehead atoms. The summed E-state index contributed by atoms with van der Waals surface area (Å²) in [6.07, 6.45) is 22.4. The Hall–Kier alpha value is -0.370. The van der Waals surface area contributed by atoms with Crippen molar-refractivity contribution in [1.82, 2.24) is 0 Å². The average molecular weight is 311 g/mol. The lowest BCUT2D eigenvalue weighted by Crippen LogP contribution is -2.29. The predicted molar refractivity (Wildman–Crippen MR) is 94.8 cm³/mol. The van der Waals surface area contributed by atoms with Crippen molar-refractivity contribution in [3.8, 4) is 0 Å². The molecule has 0 amide bonds. The SMILES string of the molecule is CCCCCCCCCCCCCCCC[n+]1ccsc1. The number of thiazole rings is 1. The Morgan fingerprint density at radius 2 is 1.14 bits per heavy atom. The molecular formula is C19H36NS+. The van der Waals surface area contributed by atoms with Gasteiger partial charge in [0.2, 0.25) is 5.51 Å². The molecule has 1 rings (SSSR count). The normalized spacial score (nSPS) is 11.1. The van der Waals surface area contributed by atoms with Crippen molar-refractivity contribution in [1.29, 1.82) is 0 Å². The van der Waals surface area contributed by atoms with Gasteiger partial charge >= 0.3 is 0 Å². The Morgan fingerprint density at radius 3 is 1.57 bits per heavy atom. The molecule has 0 aliphatic carbocycles. The molecule has 0 unspecified atom stereocenters. The Balaban J connectivity index is 1.69. The zero-order valence-electron chi connectivity index (χ0n) is 14.2. The van der Waals surface area contributed by atoms with Gasteiger partial charge in [-0.1, -0.05) is 95.3 Å². The van der Waals surface area contributed by atoms with Crippen molar-refractivity contribution in [2.75, 3.05) is 0 Å². The Labute approximate surface area is 136 Å². The molecule has 1 aromatic rings. The minimum atomic E-state index is 1.21. The Morgan fingerprint density at radius 1 is 0.667 bits per heavy atom. The van der Waals surface area contributed by atoms with Crippen LogP contribution in [0.25, 0.3) is 0 Å². The second kappa shape index (κ2) is 14.6. The van der Waals surface area contributed by atoms with Gasteiger partial charge in [-0.25, -0.2) is 0 Å². The number of unbranched alkanes of at least 4 members (excludes halogenated alkanes) is 13. The van der Waals surface area contributed by atoms with E-state index in [4.69, 9.17) is 0 Å². The largest absolute Gasteiger partial charge is 0.224 e. The van der Waals surface area contributed by atoms with Crippen molar-refractivity contribution in [3.63, 3.8) is 0 Å². The monoisotopic (exact) mass is 310 g/mol. The Bertz CT molecular complexity index is 295. The second-order valence-electron chi connectivity index (χ2n) is 6.36. The summed E-state index contributed by atoms with van der Waals surface area (Å²) in [5.74, 6) is 0. The number of aryl methyl sites for hydroxylation is 1. The van der Waals surface area contributed by atoms with Crippen LogP contribution < -0.4 is 4.57 Å². The van der Waals surface area contributed by atoms with Crippen LogP contribution in [0.3, 0.4) is 0 Å². The summed E-state index contributed by atoms with van der Waals surface area (Å²) in [7, 11) is 0. The van der Waals surface area contributed by atoms with E-state index in [1.54, 1.807) is 11.3 Å². The van der Waals surface area contributed by atoms with Gasteiger partial charge in [0.25, 0.3) is 0 Å². The van der Waals surface area contributed by atoms with Crippen molar-refractivity contribution >= 4 is 11.3 Å². The molecule has 0 atom stereocenters. The molecule has 0 radical (unpaired) electrons. The maximum atomic E-state index is 2.31. The van der Waals surface area contributed by atoms with Crippen LogP contribution in [-0.2, 0) is 6.54 Å². The number of hydrogen-bond donors (Lipinski definition) is 0. The fourth-order valence-corrected chi connectivity index (χ4v) is 3.51. The summed E-state index contributed by atoms with van der Waals surface area (Å²) in [5.41, 5.74) is 2.21. The molecule has 21 heavy (non-hydrogen) atoms. The zero-order chi connectivity index (χ0) is 15.0. The number of aromatic nitrogens is 1. The quantitative estimate of drug-likeness (QED) is 0.256. The molecule has 0 saturated heterocycles. The van der Waals surface area contributed by atoms with Gasteiger partial charge in [-0.3, -0.25) is 0 Å². The first-order valence-electron chi connectivity index (χ1n) is 9.34. The molecule has 122 valence electrons. The average Bonchev–Trinajstić information content (AvgIpc) is 3.01. The molecule has 0 aliphatic rings. The fraction of sp³-hybridized carbons (Fsp3) is 0.842. The minimum Gasteiger partial charge on any atom is -0.195 e. The molecular weight excluding hydrogens is 274 g/mol. The van der Waals surface area contributed by atoms with Crippen molar-refractivity contribution in [2.45, 2.75) is 103 Å². The van der Waals surface area contributed by atoms with Gasteiger partial charge in [0, 0.05) is 6.42 Å². The summed E-state index contributed by atoms with van der Waals surface area (Å²) in [4.78, 5) is 0. The van der Waals surface area contributed by atoms with Crippen LogP contribution in [0, 0.1) is 0 Å². The predicted octanol–water partition coefficient (Wildman–Crippen LogP) is 6.52. The van der Waals surface area contributed by atoms with Crippen LogP contribution in [0.2, 0.25) is 0 Å². The third kappa shape index (κ3) is 11.9. The molecule has 0 aliphatic heterocycles. The summed E-state index contributed by atoms with van der Waals surface area (Å²) in [5, 5.41) is 2.16. The van der Waals surface area contributed by atoms with E-state index in [2.05, 4.69) is 28.6 Å². The number of rotatable bonds is 15. The van der Waals surface area contributed by atoms with Gasteiger partial charge < -0.3 is 0 Å². The standard InChI is InChI=1S/C19H36NS/c1-2-3-4-5-6-7-8-9-10-11-12-13-14-15-16-20-17-18-21-19-20/h17-19H,2-16H2,1H3/q+1. The molecule has 2 heteroatoms. The highest BCUT2D eigenvalue weighted by Crippen LogP contribution is 2.12.